The van der Waals surface area contributed by atoms with Crippen LogP contribution in [-0.2, 0) is 7.05 Å². The fourth-order valence-corrected chi connectivity index (χ4v) is 5.29. The predicted molar refractivity (Wildman–Crippen MR) is 141 cm³/mol. The van der Waals surface area contributed by atoms with Crippen LogP contribution in [0.1, 0.15) is 31.0 Å². The van der Waals surface area contributed by atoms with Crippen LogP contribution in [0.25, 0.3) is 15.9 Å². The number of aromatic nitrogens is 2. The first-order chi connectivity index (χ1) is 17.4. The second-order valence-electron chi connectivity index (χ2n) is 9.49. The van der Waals surface area contributed by atoms with E-state index >= 15 is 0 Å². The number of fused-ring (bicyclic) bond motifs is 1. The topological polar surface area (TPSA) is 45.7 Å². The molecule has 0 aliphatic carbocycles. The Morgan fingerprint density at radius 1 is 0.972 bits per heavy atom. The number of nitrogens with zero attached hydrogens (tertiary/aromatic N) is 5. The number of hydrogen-bond donors (Lipinski definition) is 0. The molecule has 1 saturated heterocycles. The summed E-state index contributed by atoms with van der Waals surface area (Å²) >= 11 is 0. The lowest BCUT2D eigenvalue weighted by molar-refractivity contribution is 0.130. The summed E-state index contributed by atoms with van der Waals surface area (Å²) in [5.74, 6) is 0.0582. The van der Waals surface area contributed by atoms with Gasteiger partial charge in [0.15, 0.2) is 0 Å². The zero-order chi connectivity index (χ0) is 25.4. The smallest absolute Gasteiger partial charge is 0.270 e. The van der Waals surface area contributed by atoms with Crippen LogP contribution in [-0.4, -0.2) is 39.6 Å². The Balaban J connectivity index is 1.55. The highest BCUT2D eigenvalue weighted by atomic mass is 19.1. The Hall–Kier alpha value is -4.02. The molecule has 0 saturated carbocycles. The van der Waals surface area contributed by atoms with Crippen LogP contribution in [0.3, 0.4) is 0 Å². The standard InChI is InChI=1S/C29H28FN5O/c1-19-18-35(29(21-8-6-5-7-9-21)22-10-12-23(30)13-11-22)20(2)17-34(19)25-16-27(36)33(4)24-14-15-26(31-3)32-28(24)25/h5-16,19-20,29H,17-18H2,1-2,4H3/t19-,20+,29?/m0/s1. The van der Waals surface area contributed by atoms with Crippen LogP contribution in [0.4, 0.5) is 15.9 Å². The van der Waals surface area contributed by atoms with Crippen molar-refractivity contribution in [2.24, 2.45) is 7.05 Å². The molecule has 0 amide bonds. The molecule has 1 fully saturated rings. The van der Waals surface area contributed by atoms with E-state index in [1.54, 1.807) is 29.8 Å². The van der Waals surface area contributed by atoms with Crippen molar-refractivity contribution in [3.63, 3.8) is 0 Å². The van der Waals surface area contributed by atoms with E-state index < -0.39 is 0 Å². The first kappa shape index (κ1) is 23.7. The lowest BCUT2D eigenvalue weighted by Gasteiger charge is -2.48. The molecule has 36 heavy (non-hydrogen) atoms. The molecule has 1 unspecified atom stereocenters. The molecule has 2 aromatic carbocycles. The molecule has 1 aliphatic heterocycles. The Morgan fingerprint density at radius 3 is 2.36 bits per heavy atom. The quantitative estimate of drug-likeness (QED) is 0.371. The number of hydrogen-bond acceptors (Lipinski definition) is 4. The molecule has 0 spiro atoms. The second kappa shape index (κ2) is 9.56. The summed E-state index contributed by atoms with van der Waals surface area (Å²) in [7, 11) is 1.73. The van der Waals surface area contributed by atoms with Gasteiger partial charge in [-0.1, -0.05) is 49.0 Å². The van der Waals surface area contributed by atoms with E-state index in [9.17, 15) is 9.18 Å². The van der Waals surface area contributed by atoms with Crippen molar-refractivity contribution < 1.29 is 4.39 Å². The Bertz CT molecular complexity index is 1490. The van der Waals surface area contributed by atoms with E-state index in [1.807, 2.05) is 30.3 Å². The summed E-state index contributed by atoms with van der Waals surface area (Å²) in [5.41, 5.74) is 4.22. The maximum atomic E-state index is 13.7. The molecule has 7 heteroatoms. The van der Waals surface area contributed by atoms with Crippen LogP contribution in [0.2, 0.25) is 0 Å². The van der Waals surface area contributed by atoms with E-state index in [-0.39, 0.29) is 29.5 Å². The number of piperazine rings is 1. The van der Waals surface area contributed by atoms with E-state index in [4.69, 9.17) is 6.57 Å². The Kier molecular flexibility index (Phi) is 6.29. The molecule has 4 aromatic rings. The number of halogens is 1. The van der Waals surface area contributed by atoms with Gasteiger partial charge in [-0.05, 0) is 49.2 Å². The van der Waals surface area contributed by atoms with E-state index in [0.717, 1.165) is 23.4 Å². The van der Waals surface area contributed by atoms with Crippen LogP contribution in [0, 0.1) is 12.4 Å². The number of pyridine rings is 2. The molecule has 3 heterocycles. The average Bonchev–Trinajstić information content (AvgIpc) is 2.89. The Labute approximate surface area is 210 Å². The van der Waals surface area contributed by atoms with E-state index in [1.165, 1.54) is 12.1 Å². The third-order valence-electron chi connectivity index (χ3n) is 7.14. The van der Waals surface area contributed by atoms with Crippen molar-refractivity contribution in [3.05, 3.63) is 112 Å². The number of rotatable bonds is 4. The molecule has 1 aliphatic rings. The lowest BCUT2D eigenvalue weighted by Crippen LogP contribution is -2.57. The van der Waals surface area contributed by atoms with Crippen molar-refractivity contribution >= 4 is 22.5 Å². The van der Waals surface area contributed by atoms with Gasteiger partial charge in [-0.15, -0.1) is 4.98 Å². The minimum atomic E-state index is -0.249. The molecule has 5 rings (SSSR count). The Morgan fingerprint density at radius 2 is 1.67 bits per heavy atom. The first-order valence-corrected chi connectivity index (χ1v) is 12.1. The zero-order valence-corrected chi connectivity index (χ0v) is 20.6. The third kappa shape index (κ3) is 4.25. The van der Waals surface area contributed by atoms with Crippen molar-refractivity contribution in [1.29, 1.82) is 0 Å². The molecule has 0 radical (unpaired) electrons. The first-order valence-electron chi connectivity index (χ1n) is 12.1. The van der Waals surface area contributed by atoms with Gasteiger partial charge in [0.2, 0.25) is 5.52 Å². The van der Waals surface area contributed by atoms with Gasteiger partial charge in [-0.25, -0.2) is 4.39 Å². The van der Waals surface area contributed by atoms with Crippen LogP contribution in [0.5, 0.6) is 0 Å². The highest BCUT2D eigenvalue weighted by Gasteiger charge is 2.36. The maximum absolute atomic E-state index is 13.7. The minimum absolute atomic E-state index is 0.0290. The zero-order valence-electron chi connectivity index (χ0n) is 20.6. The van der Waals surface area contributed by atoms with E-state index in [2.05, 4.69) is 45.6 Å². The van der Waals surface area contributed by atoms with Gasteiger partial charge >= 0.3 is 0 Å². The van der Waals surface area contributed by atoms with Gasteiger partial charge in [-0.2, -0.15) is 0 Å². The molecule has 2 aromatic heterocycles. The summed E-state index contributed by atoms with van der Waals surface area (Å²) in [6, 6.07) is 22.3. The van der Waals surface area contributed by atoms with Gasteiger partial charge in [0.1, 0.15) is 5.82 Å². The van der Waals surface area contributed by atoms with Crippen molar-refractivity contribution in [3.8, 4) is 0 Å². The van der Waals surface area contributed by atoms with Gasteiger partial charge in [0.05, 0.1) is 17.2 Å². The van der Waals surface area contributed by atoms with Gasteiger partial charge < -0.3 is 14.3 Å². The molecule has 0 bridgehead atoms. The number of benzene rings is 2. The fraction of sp³-hybridized carbons (Fsp3) is 0.276. The maximum Gasteiger partial charge on any atom is 0.270 e. The summed E-state index contributed by atoms with van der Waals surface area (Å²) in [6.07, 6.45) is 0. The molecular formula is C29H28FN5O. The van der Waals surface area contributed by atoms with Crippen LogP contribution >= 0.6 is 0 Å². The SMILES string of the molecule is [C-]#[N+]c1ccc2c(n1)c(N1C[C@@H](C)N(C(c3ccccc3)c3ccc(F)cc3)C[C@@H]1C)cc(=O)n2C. The minimum Gasteiger partial charge on any atom is -0.362 e. The van der Waals surface area contributed by atoms with E-state index in [0.29, 0.717) is 23.4 Å². The molecule has 3 atom stereocenters. The van der Waals surface area contributed by atoms with Crippen molar-refractivity contribution in [2.75, 3.05) is 18.0 Å². The monoisotopic (exact) mass is 481 g/mol. The third-order valence-corrected chi connectivity index (χ3v) is 7.14. The van der Waals surface area contributed by atoms with Crippen molar-refractivity contribution in [2.45, 2.75) is 32.0 Å². The molecule has 182 valence electrons. The summed E-state index contributed by atoms with van der Waals surface area (Å²) in [6.45, 7) is 13.1. The highest BCUT2D eigenvalue weighted by molar-refractivity contribution is 5.89. The largest absolute Gasteiger partial charge is 0.362 e. The van der Waals surface area contributed by atoms with Crippen LogP contribution < -0.4 is 10.5 Å². The van der Waals surface area contributed by atoms with Gasteiger partial charge in [-0.3, -0.25) is 9.69 Å². The number of anilines is 1. The lowest BCUT2D eigenvalue weighted by atomic mass is 9.93. The molecule has 6 nitrogen and oxygen atoms in total. The van der Waals surface area contributed by atoms with Gasteiger partial charge in [0, 0.05) is 38.3 Å². The molecule has 0 N–H and O–H groups in total. The second-order valence-corrected chi connectivity index (χ2v) is 9.49. The molecular weight excluding hydrogens is 453 g/mol. The fourth-order valence-electron chi connectivity index (χ4n) is 5.29. The van der Waals surface area contributed by atoms with Crippen molar-refractivity contribution in [1.82, 2.24) is 14.5 Å². The predicted octanol–water partition coefficient (Wildman–Crippen LogP) is 5.31. The summed E-state index contributed by atoms with van der Waals surface area (Å²) < 4.78 is 15.3. The highest BCUT2D eigenvalue weighted by Crippen LogP contribution is 2.36. The summed E-state index contributed by atoms with van der Waals surface area (Å²) in [5, 5.41) is 0. The average molecular weight is 482 g/mol. The normalized spacial score (nSPS) is 19.2. The van der Waals surface area contributed by atoms with Gasteiger partial charge in [0.25, 0.3) is 11.4 Å². The van der Waals surface area contributed by atoms with Crippen LogP contribution in [0.15, 0.2) is 77.6 Å². The number of aryl methyl sites for hydroxylation is 1. The summed E-state index contributed by atoms with van der Waals surface area (Å²) in [4.78, 5) is 25.6.